The number of hydrogen-bond donors (Lipinski definition) is 2. The highest BCUT2D eigenvalue weighted by Gasteiger charge is 2.00. The van der Waals surface area contributed by atoms with Gasteiger partial charge >= 0.3 is 0 Å². The second kappa shape index (κ2) is 6.91. The normalized spacial score (nSPS) is 10.2. The Balaban J connectivity index is 1.67. The predicted molar refractivity (Wildman–Crippen MR) is 90.5 cm³/mol. The summed E-state index contributed by atoms with van der Waals surface area (Å²) >= 11 is 5.95. The highest BCUT2D eigenvalue weighted by atomic mass is 35.5. The van der Waals surface area contributed by atoms with E-state index in [0.717, 1.165) is 12.4 Å². The summed E-state index contributed by atoms with van der Waals surface area (Å²) in [5, 5.41) is 7.07. The Morgan fingerprint density at radius 2 is 1.68 bits per heavy atom. The van der Waals surface area contributed by atoms with Crippen LogP contribution in [-0.2, 0) is 6.54 Å². The van der Waals surface area contributed by atoms with E-state index in [9.17, 15) is 0 Å². The van der Waals surface area contributed by atoms with Crippen molar-refractivity contribution < 1.29 is 0 Å². The number of aromatic nitrogens is 2. The summed E-state index contributed by atoms with van der Waals surface area (Å²) < 4.78 is 0. The fourth-order valence-electron chi connectivity index (χ4n) is 2.00. The maximum Gasteiger partial charge on any atom is 0.133 e. The van der Waals surface area contributed by atoms with Crippen LogP contribution < -0.4 is 10.6 Å². The van der Waals surface area contributed by atoms with Crippen LogP contribution in [0.25, 0.3) is 0 Å². The Labute approximate surface area is 134 Å². The van der Waals surface area contributed by atoms with E-state index >= 15 is 0 Å². The molecule has 5 heteroatoms. The van der Waals surface area contributed by atoms with E-state index in [0.29, 0.717) is 16.7 Å². The third-order valence-electron chi connectivity index (χ3n) is 3.04. The predicted octanol–water partition coefficient (Wildman–Crippen LogP) is 4.49. The topological polar surface area (TPSA) is 49.8 Å². The smallest absolute Gasteiger partial charge is 0.133 e. The molecule has 0 saturated carbocycles. The van der Waals surface area contributed by atoms with Crippen molar-refractivity contribution in [2.45, 2.75) is 6.54 Å². The molecular weight excluding hydrogens is 296 g/mol. The van der Waals surface area contributed by atoms with Gasteiger partial charge in [-0.1, -0.05) is 48.0 Å². The zero-order valence-corrected chi connectivity index (χ0v) is 12.6. The van der Waals surface area contributed by atoms with Crippen LogP contribution in [0.1, 0.15) is 5.56 Å². The van der Waals surface area contributed by atoms with Crippen LogP contribution in [-0.4, -0.2) is 9.97 Å². The molecule has 2 aromatic heterocycles. The number of anilines is 3. The SMILES string of the molecule is Clc1ccnc(Nc2cccc(NCc3ccccc3)n2)c1. The van der Waals surface area contributed by atoms with E-state index in [-0.39, 0.29) is 0 Å². The molecule has 1 aromatic carbocycles. The van der Waals surface area contributed by atoms with Crippen LogP contribution in [0.4, 0.5) is 17.5 Å². The monoisotopic (exact) mass is 310 g/mol. The largest absolute Gasteiger partial charge is 0.366 e. The maximum absolute atomic E-state index is 5.95. The summed E-state index contributed by atoms with van der Waals surface area (Å²) in [5.41, 5.74) is 1.21. The van der Waals surface area contributed by atoms with E-state index in [1.807, 2.05) is 36.4 Å². The molecule has 110 valence electrons. The molecule has 0 fully saturated rings. The van der Waals surface area contributed by atoms with Crippen LogP contribution >= 0.6 is 11.6 Å². The maximum atomic E-state index is 5.95. The second-order valence-electron chi connectivity index (χ2n) is 4.73. The number of rotatable bonds is 5. The number of benzene rings is 1. The van der Waals surface area contributed by atoms with Crippen LogP contribution in [0, 0.1) is 0 Å². The summed E-state index contributed by atoms with van der Waals surface area (Å²) in [5.74, 6) is 2.18. The van der Waals surface area contributed by atoms with Crippen molar-refractivity contribution in [1.82, 2.24) is 9.97 Å². The number of halogens is 1. The summed E-state index contributed by atoms with van der Waals surface area (Å²) in [6.07, 6.45) is 1.65. The standard InChI is InChI=1S/C17H15ClN4/c18-14-9-10-19-17(11-14)22-16-8-4-7-15(21-16)20-12-13-5-2-1-3-6-13/h1-11H,12H2,(H2,19,20,21,22). The molecule has 4 nitrogen and oxygen atoms in total. The van der Waals surface area contributed by atoms with Crippen LogP contribution in [0.3, 0.4) is 0 Å². The van der Waals surface area contributed by atoms with Gasteiger partial charge < -0.3 is 10.6 Å². The van der Waals surface area contributed by atoms with Crippen molar-refractivity contribution in [2.75, 3.05) is 10.6 Å². The Morgan fingerprint density at radius 3 is 2.50 bits per heavy atom. The minimum Gasteiger partial charge on any atom is -0.366 e. The van der Waals surface area contributed by atoms with Crippen LogP contribution in [0.5, 0.6) is 0 Å². The van der Waals surface area contributed by atoms with Gasteiger partial charge in [0, 0.05) is 17.8 Å². The molecule has 0 saturated heterocycles. The van der Waals surface area contributed by atoms with Gasteiger partial charge in [0.15, 0.2) is 0 Å². The van der Waals surface area contributed by atoms with E-state index in [4.69, 9.17) is 11.6 Å². The molecule has 2 heterocycles. The Bertz CT molecular complexity index is 746. The first-order chi connectivity index (χ1) is 10.8. The average molecular weight is 311 g/mol. The van der Waals surface area contributed by atoms with E-state index < -0.39 is 0 Å². The van der Waals surface area contributed by atoms with Crippen molar-refractivity contribution in [3.63, 3.8) is 0 Å². The zero-order chi connectivity index (χ0) is 15.2. The molecule has 0 aliphatic heterocycles. The Hall–Kier alpha value is -2.59. The quantitative estimate of drug-likeness (QED) is 0.729. The first-order valence-corrected chi connectivity index (χ1v) is 7.31. The lowest BCUT2D eigenvalue weighted by Crippen LogP contribution is -2.03. The first kappa shape index (κ1) is 14.4. The van der Waals surface area contributed by atoms with Gasteiger partial charge in [-0.2, -0.15) is 0 Å². The Morgan fingerprint density at radius 1 is 0.864 bits per heavy atom. The van der Waals surface area contributed by atoms with E-state index in [2.05, 4.69) is 32.7 Å². The van der Waals surface area contributed by atoms with Crippen molar-refractivity contribution in [3.05, 3.63) is 77.4 Å². The highest BCUT2D eigenvalue weighted by molar-refractivity contribution is 6.30. The first-order valence-electron chi connectivity index (χ1n) is 6.93. The van der Waals surface area contributed by atoms with Crippen molar-refractivity contribution in [2.24, 2.45) is 0 Å². The third-order valence-corrected chi connectivity index (χ3v) is 3.28. The van der Waals surface area contributed by atoms with Gasteiger partial charge in [0.2, 0.25) is 0 Å². The fourth-order valence-corrected chi connectivity index (χ4v) is 2.16. The average Bonchev–Trinajstić information content (AvgIpc) is 2.54. The molecule has 3 aromatic rings. The number of hydrogen-bond acceptors (Lipinski definition) is 4. The van der Waals surface area contributed by atoms with Gasteiger partial charge in [0.25, 0.3) is 0 Å². The fraction of sp³-hybridized carbons (Fsp3) is 0.0588. The van der Waals surface area contributed by atoms with E-state index in [1.165, 1.54) is 5.56 Å². The molecular formula is C17H15ClN4. The molecule has 0 radical (unpaired) electrons. The number of nitrogens with one attached hydrogen (secondary N) is 2. The molecule has 0 spiro atoms. The minimum atomic E-state index is 0.635. The third kappa shape index (κ3) is 3.96. The summed E-state index contributed by atoms with van der Waals surface area (Å²) in [7, 11) is 0. The van der Waals surface area contributed by atoms with Gasteiger partial charge in [-0.05, 0) is 29.8 Å². The van der Waals surface area contributed by atoms with Crippen molar-refractivity contribution in [1.29, 1.82) is 0 Å². The van der Waals surface area contributed by atoms with Crippen molar-refractivity contribution in [3.8, 4) is 0 Å². The second-order valence-corrected chi connectivity index (χ2v) is 5.17. The molecule has 0 amide bonds. The lowest BCUT2D eigenvalue weighted by atomic mass is 10.2. The van der Waals surface area contributed by atoms with E-state index in [1.54, 1.807) is 18.3 Å². The van der Waals surface area contributed by atoms with Crippen molar-refractivity contribution >= 4 is 29.1 Å². The van der Waals surface area contributed by atoms with Gasteiger partial charge in [0.1, 0.15) is 17.5 Å². The molecule has 2 N–H and O–H groups in total. The molecule has 22 heavy (non-hydrogen) atoms. The number of nitrogens with zero attached hydrogens (tertiary/aromatic N) is 2. The number of pyridine rings is 2. The zero-order valence-electron chi connectivity index (χ0n) is 11.8. The van der Waals surface area contributed by atoms with Gasteiger partial charge in [-0.3, -0.25) is 0 Å². The van der Waals surface area contributed by atoms with Gasteiger partial charge in [-0.15, -0.1) is 0 Å². The molecule has 0 atom stereocenters. The molecule has 3 rings (SSSR count). The minimum absolute atomic E-state index is 0.635. The summed E-state index contributed by atoms with van der Waals surface area (Å²) in [6, 6.07) is 19.4. The molecule has 0 bridgehead atoms. The summed E-state index contributed by atoms with van der Waals surface area (Å²) in [6.45, 7) is 0.729. The van der Waals surface area contributed by atoms with Gasteiger partial charge in [0.05, 0.1) is 0 Å². The van der Waals surface area contributed by atoms with Crippen LogP contribution in [0.2, 0.25) is 5.02 Å². The molecule has 0 unspecified atom stereocenters. The highest BCUT2D eigenvalue weighted by Crippen LogP contribution is 2.17. The lowest BCUT2D eigenvalue weighted by Gasteiger charge is -2.09. The van der Waals surface area contributed by atoms with Gasteiger partial charge in [-0.25, -0.2) is 9.97 Å². The lowest BCUT2D eigenvalue weighted by molar-refractivity contribution is 1.11. The summed E-state index contributed by atoms with van der Waals surface area (Å²) in [4.78, 5) is 8.71. The molecule has 0 aliphatic rings. The molecule has 0 aliphatic carbocycles. The van der Waals surface area contributed by atoms with Crippen LogP contribution in [0.15, 0.2) is 66.9 Å². The Kier molecular flexibility index (Phi) is 4.51.